The first-order chi connectivity index (χ1) is 9.31. The maximum Gasteiger partial charge on any atom is 0.264 e. The molecular weight excluding hydrogens is 387 g/mol. The van der Waals surface area contributed by atoms with Crippen LogP contribution in [0.25, 0.3) is 0 Å². The van der Waals surface area contributed by atoms with E-state index in [4.69, 9.17) is 5.73 Å². The van der Waals surface area contributed by atoms with Gasteiger partial charge in [-0.25, -0.2) is 8.42 Å². The van der Waals surface area contributed by atoms with Crippen LogP contribution in [0.4, 0.5) is 11.4 Å². The third-order valence-corrected chi connectivity index (χ3v) is 5.21. The summed E-state index contributed by atoms with van der Waals surface area (Å²) in [5.74, 6) is 0. The standard InChI is InChI=1S/C14H15IN2O2S/c1-9-6-7-10(2)14(13(9)16)20(18,19)17-12-5-3-4-11(15)8-12/h3-8,17H,16H2,1-2H3. The quantitative estimate of drug-likeness (QED) is 0.612. The van der Waals surface area contributed by atoms with E-state index < -0.39 is 10.0 Å². The molecule has 0 heterocycles. The van der Waals surface area contributed by atoms with E-state index in [0.717, 1.165) is 9.13 Å². The van der Waals surface area contributed by atoms with E-state index in [9.17, 15) is 8.42 Å². The summed E-state index contributed by atoms with van der Waals surface area (Å²) in [6.45, 7) is 3.53. The molecule has 0 aromatic heterocycles. The predicted octanol–water partition coefficient (Wildman–Crippen LogP) is 3.29. The topological polar surface area (TPSA) is 72.2 Å². The van der Waals surface area contributed by atoms with Crippen LogP contribution in [0.5, 0.6) is 0 Å². The van der Waals surface area contributed by atoms with Gasteiger partial charge in [-0.05, 0) is 65.8 Å². The van der Waals surface area contributed by atoms with Crippen LogP contribution in [-0.4, -0.2) is 8.42 Å². The summed E-state index contributed by atoms with van der Waals surface area (Å²) in [6.07, 6.45) is 0. The fourth-order valence-corrected chi connectivity index (χ4v) is 3.95. The minimum absolute atomic E-state index is 0.149. The summed E-state index contributed by atoms with van der Waals surface area (Å²) in [7, 11) is -3.69. The summed E-state index contributed by atoms with van der Waals surface area (Å²) in [6, 6.07) is 10.7. The van der Waals surface area contributed by atoms with Gasteiger partial charge >= 0.3 is 0 Å². The highest BCUT2D eigenvalue weighted by Gasteiger charge is 2.21. The smallest absolute Gasteiger partial charge is 0.264 e. The zero-order chi connectivity index (χ0) is 14.9. The number of sulfonamides is 1. The lowest BCUT2D eigenvalue weighted by molar-refractivity contribution is 0.601. The van der Waals surface area contributed by atoms with Gasteiger partial charge in [-0.1, -0.05) is 18.2 Å². The molecule has 0 saturated heterocycles. The van der Waals surface area contributed by atoms with Gasteiger partial charge in [0.1, 0.15) is 4.90 Å². The molecule has 2 aromatic carbocycles. The molecule has 0 saturated carbocycles. The summed E-state index contributed by atoms with van der Waals surface area (Å²) in [5, 5.41) is 0. The van der Waals surface area contributed by atoms with Gasteiger partial charge in [0, 0.05) is 9.26 Å². The van der Waals surface area contributed by atoms with E-state index in [0.29, 0.717) is 16.9 Å². The normalized spacial score (nSPS) is 11.3. The SMILES string of the molecule is Cc1ccc(C)c(S(=O)(=O)Nc2cccc(I)c2)c1N. The number of aryl methyl sites for hydroxylation is 2. The summed E-state index contributed by atoms with van der Waals surface area (Å²) in [5.41, 5.74) is 8.13. The van der Waals surface area contributed by atoms with E-state index in [1.165, 1.54) is 0 Å². The Bertz CT molecular complexity index is 758. The average Bonchev–Trinajstić information content (AvgIpc) is 2.33. The molecule has 0 atom stereocenters. The van der Waals surface area contributed by atoms with Crippen molar-refractivity contribution in [2.24, 2.45) is 0 Å². The number of halogens is 1. The third-order valence-electron chi connectivity index (χ3n) is 2.96. The van der Waals surface area contributed by atoms with Crippen LogP contribution < -0.4 is 10.5 Å². The monoisotopic (exact) mass is 402 g/mol. The van der Waals surface area contributed by atoms with Crippen molar-refractivity contribution < 1.29 is 8.42 Å². The van der Waals surface area contributed by atoms with Gasteiger partial charge in [0.15, 0.2) is 0 Å². The first-order valence-electron chi connectivity index (χ1n) is 5.95. The lowest BCUT2D eigenvalue weighted by Crippen LogP contribution is -2.16. The minimum Gasteiger partial charge on any atom is -0.397 e. The molecule has 106 valence electrons. The Labute approximate surface area is 132 Å². The van der Waals surface area contributed by atoms with Crippen molar-refractivity contribution in [3.63, 3.8) is 0 Å². The van der Waals surface area contributed by atoms with Gasteiger partial charge in [-0.3, -0.25) is 4.72 Å². The molecule has 4 nitrogen and oxygen atoms in total. The molecule has 0 fully saturated rings. The molecule has 0 radical (unpaired) electrons. The van der Waals surface area contributed by atoms with E-state index in [1.54, 1.807) is 38.1 Å². The first kappa shape index (κ1) is 15.1. The summed E-state index contributed by atoms with van der Waals surface area (Å²) >= 11 is 2.13. The van der Waals surface area contributed by atoms with Gasteiger partial charge in [0.05, 0.1) is 5.69 Å². The van der Waals surface area contributed by atoms with E-state index in [1.807, 2.05) is 12.1 Å². The Hall–Kier alpha value is -1.28. The van der Waals surface area contributed by atoms with Crippen molar-refractivity contribution >= 4 is 44.0 Å². The molecule has 0 aliphatic rings. The molecule has 0 unspecified atom stereocenters. The van der Waals surface area contributed by atoms with Crippen LogP contribution in [0.15, 0.2) is 41.3 Å². The molecule has 0 amide bonds. The number of nitrogens with one attached hydrogen (secondary N) is 1. The lowest BCUT2D eigenvalue weighted by Gasteiger charge is -2.14. The van der Waals surface area contributed by atoms with Crippen LogP contribution in [-0.2, 0) is 10.0 Å². The first-order valence-corrected chi connectivity index (χ1v) is 8.51. The second-order valence-electron chi connectivity index (χ2n) is 4.56. The molecule has 6 heteroatoms. The van der Waals surface area contributed by atoms with Crippen LogP contribution >= 0.6 is 22.6 Å². The molecular formula is C14H15IN2O2S. The van der Waals surface area contributed by atoms with Crippen molar-refractivity contribution in [2.45, 2.75) is 18.7 Å². The van der Waals surface area contributed by atoms with Gasteiger partial charge in [0.25, 0.3) is 10.0 Å². The molecule has 20 heavy (non-hydrogen) atoms. The highest BCUT2D eigenvalue weighted by Crippen LogP contribution is 2.28. The van der Waals surface area contributed by atoms with Crippen molar-refractivity contribution in [1.82, 2.24) is 0 Å². The number of rotatable bonds is 3. The number of anilines is 2. The summed E-state index contributed by atoms with van der Waals surface area (Å²) < 4.78 is 28.6. The zero-order valence-corrected chi connectivity index (χ0v) is 14.1. The molecule has 3 N–H and O–H groups in total. The fraction of sp³-hybridized carbons (Fsp3) is 0.143. The van der Waals surface area contributed by atoms with Gasteiger partial charge in [0.2, 0.25) is 0 Å². The van der Waals surface area contributed by atoms with Crippen LogP contribution in [0, 0.1) is 17.4 Å². The van der Waals surface area contributed by atoms with E-state index in [2.05, 4.69) is 27.3 Å². The number of benzene rings is 2. The van der Waals surface area contributed by atoms with Crippen molar-refractivity contribution in [1.29, 1.82) is 0 Å². The highest BCUT2D eigenvalue weighted by molar-refractivity contribution is 14.1. The van der Waals surface area contributed by atoms with Crippen molar-refractivity contribution in [3.8, 4) is 0 Å². The number of hydrogen-bond donors (Lipinski definition) is 2. The molecule has 0 aliphatic heterocycles. The maximum absolute atomic E-state index is 12.5. The molecule has 0 aliphatic carbocycles. The highest BCUT2D eigenvalue weighted by atomic mass is 127. The zero-order valence-electron chi connectivity index (χ0n) is 11.1. The summed E-state index contributed by atoms with van der Waals surface area (Å²) in [4.78, 5) is 0.149. The predicted molar refractivity (Wildman–Crippen MR) is 90.3 cm³/mol. The van der Waals surface area contributed by atoms with Gasteiger partial charge in [-0.2, -0.15) is 0 Å². The van der Waals surface area contributed by atoms with Gasteiger partial charge < -0.3 is 5.73 Å². The molecule has 0 spiro atoms. The fourth-order valence-electron chi connectivity index (χ4n) is 1.92. The Kier molecular flexibility index (Phi) is 4.24. The largest absolute Gasteiger partial charge is 0.397 e. The molecule has 2 rings (SSSR count). The number of nitrogens with two attached hydrogens (primary N) is 1. The lowest BCUT2D eigenvalue weighted by atomic mass is 10.1. The van der Waals surface area contributed by atoms with Crippen LogP contribution in [0.3, 0.4) is 0 Å². The van der Waals surface area contributed by atoms with Gasteiger partial charge in [-0.15, -0.1) is 0 Å². The molecule has 0 bridgehead atoms. The van der Waals surface area contributed by atoms with Crippen LogP contribution in [0.2, 0.25) is 0 Å². The average molecular weight is 402 g/mol. The van der Waals surface area contributed by atoms with Crippen molar-refractivity contribution in [3.05, 3.63) is 51.1 Å². The maximum atomic E-state index is 12.5. The number of hydrogen-bond acceptors (Lipinski definition) is 3. The second kappa shape index (κ2) is 5.61. The third kappa shape index (κ3) is 3.06. The number of nitrogen functional groups attached to an aromatic ring is 1. The van der Waals surface area contributed by atoms with E-state index in [-0.39, 0.29) is 4.90 Å². The van der Waals surface area contributed by atoms with E-state index >= 15 is 0 Å². The second-order valence-corrected chi connectivity index (χ2v) is 7.42. The Morgan fingerprint density at radius 3 is 2.40 bits per heavy atom. The Balaban J connectivity index is 2.49. The van der Waals surface area contributed by atoms with Crippen molar-refractivity contribution in [2.75, 3.05) is 10.5 Å². The van der Waals surface area contributed by atoms with Crippen LogP contribution in [0.1, 0.15) is 11.1 Å². The minimum atomic E-state index is -3.69. The Morgan fingerprint density at radius 2 is 1.75 bits per heavy atom. The Morgan fingerprint density at radius 1 is 1.10 bits per heavy atom. The molecule has 2 aromatic rings.